The summed E-state index contributed by atoms with van der Waals surface area (Å²) in [6, 6.07) is 11.1. The lowest BCUT2D eigenvalue weighted by molar-refractivity contribution is 0.0332. The fourth-order valence-electron chi connectivity index (χ4n) is 2.91. The molecule has 132 valence electrons. The number of H-pyrrole nitrogens is 1. The molecule has 2 aromatic rings. The molecule has 1 aromatic heterocycles. The van der Waals surface area contributed by atoms with Crippen molar-refractivity contribution in [2.75, 3.05) is 32.8 Å². The van der Waals surface area contributed by atoms with Crippen LogP contribution in [-0.2, 0) is 4.74 Å². The highest BCUT2D eigenvalue weighted by atomic mass is 16.5. The Labute approximate surface area is 146 Å². The molecule has 6 heteroatoms. The Morgan fingerprint density at radius 3 is 2.64 bits per heavy atom. The number of amides is 1. The van der Waals surface area contributed by atoms with Crippen LogP contribution in [0.15, 0.2) is 47.4 Å². The van der Waals surface area contributed by atoms with E-state index in [9.17, 15) is 9.59 Å². The molecule has 0 aliphatic carbocycles. The summed E-state index contributed by atoms with van der Waals surface area (Å²) in [6.07, 6.45) is 1.52. The SMILES string of the molecule is Cc1ccc([C@H](CN2CCOCC2)NC(=O)c2ccc[nH]c2=O)cc1. The summed E-state index contributed by atoms with van der Waals surface area (Å²) in [4.78, 5) is 29.3. The first kappa shape index (κ1) is 17.4. The minimum Gasteiger partial charge on any atom is -0.379 e. The fraction of sp³-hybridized carbons (Fsp3) is 0.368. The van der Waals surface area contributed by atoms with Gasteiger partial charge in [0.1, 0.15) is 5.56 Å². The average molecular weight is 341 g/mol. The van der Waals surface area contributed by atoms with Gasteiger partial charge in [-0.15, -0.1) is 0 Å². The van der Waals surface area contributed by atoms with Crippen LogP contribution in [-0.4, -0.2) is 48.6 Å². The van der Waals surface area contributed by atoms with Crippen molar-refractivity contribution in [1.29, 1.82) is 0 Å². The lowest BCUT2D eigenvalue weighted by Gasteiger charge is -2.31. The second-order valence-electron chi connectivity index (χ2n) is 6.26. The Bertz CT molecular complexity index is 764. The molecule has 6 nitrogen and oxygen atoms in total. The molecule has 0 bridgehead atoms. The molecule has 25 heavy (non-hydrogen) atoms. The van der Waals surface area contributed by atoms with Gasteiger partial charge >= 0.3 is 0 Å². The highest BCUT2D eigenvalue weighted by Gasteiger charge is 2.21. The number of rotatable bonds is 5. The first-order chi connectivity index (χ1) is 12.1. The smallest absolute Gasteiger partial charge is 0.260 e. The van der Waals surface area contributed by atoms with Crippen molar-refractivity contribution in [3.8, 4) is 0 Å². The number of nitrogens with one attached hydrogen (secondary N) is 2. The third-order valence-corrected chi connectivity index (χ3v) is 4.39. The van der Waals surface area contributed by atoms with Crippen LogP contribution in [0.4, 0.5) is 0 Å². The standard InChI is InChI=1S/C19H23N3O3/c1-14-4-6-15(7-5-14)17(13-22-9-11-25-12-10-22)21-19(24)16-3-2-8-20-18(16)23/h2-8,17H,9-13H2,1H3,(H,20,23)(H,21,24)/t17-/m0/s1. The quantitative estimate of drug-likeness (QED) is 0.864. The lowest BCUT2D eigenvalue weighted by atomic mass is 10.0. The maximum atomic E-state index is 12.6. The number of pyridine rings is 1. The highest BCUT2D eigenvalue weighted by molar-refractivity contribution is 5.94. The van der Waals surface area contributed by atoms with Crippen LogP contribution in [0, 0.1) is 6.92 Å². The molecule has 0 spiro atoms. The molecule has 1 atom stereocenters. The summed E-state index contributed by atoms with van der Waals surface area (Å²) in [7, 11) is 0. The predicted molar refractivity (Wildman–Crippen MR) is 95.7 cm³/mol. The van der Waals surface area contributed by atoms with Crippen molar-refractivity contribution < 1.29 is 9.53 Å². The predicted octanol–water partition coefficient (Wildman–Crippen LogP) is 1.49. The number of morpholine rings is 1. The van der Waals surface area contributed by atoms with Crippen LogP contribution < -0.4 is 10.9 Å². The van der Waals surface area contributed by atoms with Gasteiger partial charge in [-0.1, -0.05) is 29.8 Å². The van der Waals surface area contributed by atoms with E-state index in [1.807, 2.05) is 31.2 Å². The molecular weight excluding hydrogens is 318 g/mol. The third-order valence-electron chi connectivity index (χ3n) is 4.39. The van der Waals surface area contributed by atoms with E-state index in [-0.39, 0.29) is 23.1 Å². The second kappa shape index (κ2) is 8.09. The number of hydrogen-bond acceptors (Lipinski definition) is 4. The number of benzene rings is 1. The van der Waals surface area contributed by atoms with Gasteiger partial charge in [-0.25, -0.2) is 0 Å². The molecular formula is C19H23N3O3. The van der Waals surface area contributed by atoms with Crippen LogP contribution in [0.25, 0.3) is 0 Å². The van der Waals surface area contributed by atoms with Crippen molar-refractivity contribution >= 4 is 5.91 Å². The number of nitrogens with zero attached hydrogens (tertiary/aromatic N) is 1. The maximum absolute atomic E-state index is 12.6. The number of aromatic amines is 1. The second-order valence-corrected chi connectivity index (χ2v) is 6.26. The fourth-order valence-corrected chi connectivity index (χ4v) is 2.91. The normalized spacial score (nSPS) is 16.4. The molecule has 2 heterocycles. The van der Waals surface area contributed by atoms with Crippen LogP contribution in [0.1, 0.15) is 27.5 Å². The van der Waals surface area contributed by atoms with Crippen LogP contribution in [0.3, 0.4) is 0 Å². The number of hydrogen-bond donors (Lipinski definition) is 2. The molecule has 1 aliphatic heterocycles. The van der Waals surface area contributed by atoms with Gasteiger partial charge in [0.15, 0.2) is 0 Å². The van der Waals surface area contributed by atoms with Gasteiger partial charge in [0, 0.05) is 25.8 Å². The topological polar surface area (TPSA) is 74.4 Å². The largest absolute Gasteiger partial charge is 0.379 e. The van der Waals surface area contributed by atoms with Gasteiger partial charge in [-0.3, -0.25) is 14.5 Å². The molecule has 1 fully saturated rings. The summed E-state index contributed by atoms with van der Waals surface area (Å²) >= 11 is 0. The lowest BCUT2D eigenvalue weighted by Crippen LogP contribution is -2.43. The number of ether oxygens (including phenoxy) is 1. The van der Waals surface area contributed by atoms with Crippen molar-refractivity contribution in [2.45, 2.75) is 13.0 Å². The van der Waals surface area contributed by atoms with E-state index >= 15 is 0 Å². The Kier molecular flexibility index (Phi) is 5.63. The summed E-state index contributed by atoms with van der Waals surface area (Å²) in [5, 5.41) is 3.02. The molecule has 0 unspecified atom stereocenters. The maximum Gasteiger partial charge on any atom is 0.260 e. The minimum absolute atomic E-state index is 0.126. The van der Waals surface area contributed by atoms with Crippen molar-refractivity contribution in [1.82, 2.24) is 15.2 Å². The molecule has 3 rings (SSSR count). The van der Waals surface area contributed by atoms with E-state index in [4.69, 9.17) is 4.74 Å². The van der Waals surface area contributed by atoms with Gasteiger partial charge in [0.2, 0.25) is 0 Å². The Morgan fingerprint density at radius 2 is 1.96 bits per heavy atom. The molecule has 1 saturated heterocycles. The third kappa shape index (κ3) is 4.55. The molecule has 1 aliphatic rings. The summed E-state index contributed by atoms with van der Waals surface area (Å²) in [6.45, 7) is 5.79. The van der Waals surface area contributed by atoms with Gasteiger partial charge in [-0.05, 0) is 24.6 Å². The van der Waals surface area contributed by atoms with Gasteiger partial charge in [0.05, 0.1) is 19.3 Å². The van der Waals surface area contributed by atoms with Crippen molar-refractivity contribution in [3.05, 3.63) is 69.6 Å². The molecule has 1 aromatic carbocycles. The van der Waals surface area contributed by atoms with E-state index in [1.54, 1.807) is 6.07 Å². The zero-order valence-electron chi connectivity index (χ0n) is 14.3. The van der Waals surface area contributed by atoms with Crippen LogP contribution in [0.5, 0.6) is 0 Å². The average Bonchev–Trinajstić information content (AvgIpc) is 2.63. The van der Waals surface area contributed by atoms with E-state index in [0.717, 1.165) is 18.7 Å². The number of aryl methyl sites for hydroxylation is 1. The summed E-state index contributed by atoms with van der Waals surface area (Å²) in [5.41, 5.74) is 1.94. The van der Waals surface area contributed by atoms with E-state index in [1.165, 1.54) is 17.8 Å². The number of aromatic nitrogens is 1. The van der Waals surface area contributed by atoms with Gasteiger partial charge in [0.25, 0.3) is 11.5 Å². The Hall–Kier alpha value is -2.44. The highest BCUT2D eigenvalue weighted by Crippen LogP contribution is 2.17. The van der Waals surface area contributed by atoms with Crippen LogP contribution >= 0.6 is 0 Å². The van der Waals surface area contributed by atoms with Gasteiger partial charge in [-0.2, -0.15) is 0 Å². The van der Waals surface area contributed by atoms with Crippen molar-refractivity contribution in [3.63, 3.8) is 0 Å². The first-order valence-electron chi connectivity index (χ1n) is 8.49. The Balaban J connectivity index is 1.80. The summed E-state index contributed by atoms with van der Waals surface area (Å²) in [5.74, 6) is -0.360. The molecule has 0 radical (unpaired) electrons. The minimum atomic E-state index is -0.381. The molecule has 0 saturated carbocycles. The zero-order chi connectivity index (χ0) is 17.6. The number of carbonyl (C=O) groups excluding carboxylic acids is 1. The zero-order valence-corrected chi connectivity index (χ0v) is 14.3. The van der Waals surface area contributed by atoms with Crippen LogP contribution in [0.2, 0.25) is 0 Å². The molecule has 2 N–H and O–H groups in total. The first-order valence-corrected chi connectivity index (χ1v) is 8.49. The van der Waals surface area contributed by atoms with Gasteiger partial charge < -0.3 is 15.0 Å². The van der Waals surface area contributed by atoms with E-state index in [2.05, 4.69) is 15.2 Å². The van der Waals surface area contributed by atoms with Crippen molar-refractivity contribution in [2.24, 2.45) is 0 Å². The Morgan fingerprint density at radius 1 is 1.24 bits per heavy atom. The monoisotopic (exact) mass is 341 g/mol. The summed E-state index contributed by atoms with van der Waals surface area (Å²) < 4.78 is 5.39. The van der Waals surface area contributed by atoms with E-state index < -0.39 is 0 Å². The molecule has 1 amide bonds. The number of carbonyl (C=O) groups is 1. The van der Waals surface area contributed by atoms with E-state index in [0.29, 0.717) is 19.8 Å².